The van der Waals surface area contributed by atoms with Crippen LogP contribution < -0.4 is 5.32 Å². The molecular formula is C11H20NO4P. The number of rotatable bonds is 3. The Morgan fingerprint density at radius 2 is 2.18 bits per heavy atom. The largest absolute Gasteiger partial charge is 0.450 e. The molecular weight excluding hydrogens is 241 g/mol. The predicted octanol–water partition coefficient (Wildman–Crippen LogP) is 2.68. The molecule has 0 fully saturated rings. The van der Waals surface area contributed by atoms with Gasteiger partial charge in [0.15, 0.2) is 0 Å². The molecule has 1 aliphatic carbocycles. The minimum Gasteiger partial charge on any atom is -0.450 e. The first-order chi connectivity index (χ1) is 7.76. The van der Waals surface area contributed by atoms with Crippen LogP contribution in [0.2, 0.25) is 0 Å². The van der Waals surface area contributed by atoms with Gasteiger partial charge in [-0.3, -0.25) is 4.57 Å². The molecule has 1 amide bonds. The summed E-state index contributed by atoms with van der Waals surface area (Å²) in [7, 11) is -1.96. The average Bonchev–Trinajstić information content (AvgIpc) is 2.46. The fourth-order valence-corrected chi connectivity index (χ4v) is 2.07. The van der Waals surface area contributed by atoms with Crippen molar-refractivity contribution in [2.45, 2.75) is 45.3 Å². The number of hydrogen-bond donors (Lipinski definition) is 1. The van der Waals surface area contributed by atoms with Gasteiger partial charge in [-0.2, -0.15) is 0 Å². The minimum atomic E-state index is -1.96. The van der Waals surface area contributed by atoms with E-state index in [2.05, 4.69) is 5.32 Å². The molecule has 0 radical (unpaired) electrons. The SMILES string of the molecule is C[PH](=O)OC1=CC(NC(=O)OC(C)(C)C)CC1. The highest BCUT2D eigenvalue weighted by Gasteiger charge is 2.22. The first-order valence-corrected chi connectivity index (χ1v) is 7.46. The van der Waals surface area contributed by atoms with E-state index in [-0.39, 0.29) is 6.04 Å². The van der Waals surface area contributed by atoms with Crippen molar-refractivity contribution < 1.29 is 18.6 Å². The van der Waals surface area contributed by atoms with Crippen LogP contribution in [0.25, 0.3) is 0 Å². The van der Waals surface area contributed by atoms with Crippen LogP contribution in [0.3, 0.4) is 0 Å². The lowest BCUT2D eigenvalue weighted by Crippen LogP contribution is -2.37. The summed E-state index contributed by atoms with van der Waals surface area (Å²) in [5.74, 6) is 0.692. The molecule has 98 valence electrons. The molecule has 0 spiro atoms. The maximum absolute atomic E-state index is 11.5. The molecule has 0 aromatic heterocycles. The maximum Gasteiger partial charge on any atom is 0.408 e. The van der Waals surface area contributed by atoms with Gasteiger partial charge in [0, 0.05) is 13.1 Å². The summed E-state index contributed by atoms with van der Waals surface area (Å²) < 4.78 is 21.2. The van der Waals surface area contributed by atoms with Gasteiger partial charge in [-0.15, -0.1) is 0 Å². The first-order valence-electron chi connectivity index (χ1n) is 5.65. The van der Waals surface area contributed by atoms with Crippen LogP contribution in [0, 0.1) is 0 Å². The quantitative estimate of drug-likeness (QED) is 0.793. The molecule has 0 saturated carbocycles. The van der Waals surface area contributed by atoms with E-state index in [4.69, 9.17) is 9.26 Å². The fraction of sp³-hybridized carbons (Fsp3) is 0.727. The summed E-state index contributed by atoms with van der Waals surface area (Å²) in [4.78, 5) is 11.5. The Kier molecular flexibility index (Phi) is 4.63. The molecule has 0 aromatic rings. The number of nitrogens with one attached hydrogen (secondary N) is 1. The second-order valence-electron chi connectivity index (χ2n) is 5.02. The molecule has 1 N–H and O–H groups in total. The smallest absolute Gasteiger partial charge is 0.408 e. The Morgan fingerprint density at radius 3 is 2.71 bits per heavy atom. The number of amides is 1. The van der Waals surface area contributed by atoms with Crippen molar-refractivity contribution >= 4 is 14.1 Å². The summed E-state index contributed by atoms with van der Waals surface area (Å²) in [5.41, 5.74) is -0.500. The van der Waals surface area contributed by atoms with Crippen LogP contribution in [0.5, 0.6) is 0 Å². The van der Waals surface area contributed by atoms with Gasteiger partial charge >= 0.3 is 6.09 Å². The van der Waals surface area contributed by atoms with Gasteiger partial charge < -0.3 is 14.6 Å². The van der Waals surface area contributed by atoms with Gasteiger partial charge in [0.1, 0.15) is 11.4 Å². The lowest BCUT2D eigenvalue weighted by molar-refractivity contribution is 0.0514. The summed E-state index contributed by atoms with van der Waals surface area (Å²) >= 11 is 0. The van der Waals surface area contributed by atoms with Crippen LogP contribution in [0.15, 0.2) is 11.8 Å². The van der Waals surface area contributed by atoms with E-state index in [1.165, 1.54) is 0 Å². The molecule has 0 aliphatic heterocycles. The topological polar surface area (TPSA) is 64.6 Å². The van der Waals surface area contributed by atoms with Crippen LogP contribution in [-0.4, -0.2) is 24.4 Å². The van der Waals surface area contributed by atoms with Crippen molar-refractivity contribution in [1.82, 2.24) is 5.32 Å². The Hall–Kier alpha value is -0.960. The van der Waals surface area contributed by atoms with E-state index in [1.54, 1.807) is 12.7 Å². The highest BCUT2D eigenvalue weighted by Crippen LogP contribution is 2.29. The van der Waals surface area contributed by atoms with E-state index in [0.29, 0.717) is 12.2 Å². The third kappa shape index (κ3) is 5.78. The summed E-state index contributed by atoms with van der Waals surface area (Å²) in [5, 5.41) is 2.73. The number of alkyl carbamates (subject to hydrolysis) is 1. The van der Waals surface area contributed by atoms with Gasteiger partial charge in [-0.25, -0.2) is 4.79 Å². The van der Waals surface area contributed by atoms with Crippen LogP contribution in [-0.2, 0) is 13.8 Å². The highest BCUT2D eigenvalue weighted by molar-refractivity contribution is 7.38. The monoisotopic (exact) mass is 261 g/mol. The summed E-state index contributed by atoms with van der Waals surface area (Å²) in [6.07, 6.45) is 2.80. The zero-order valence-electron chi connectivity index (χ0n) is 10.7. The third-order valence-corrected chi connectivity index (χ3v) is 2.62. The first kappa shape index (κ1) is 14.1. The second-order valence-corrected chi connectivity index (χ2v) is 6.21. The number of allylic oxidation sites excluding steroid dienone is 1. The lowest BCUT2D eigenvalue weighted by Gasteiger charge is -2.21. The van der Waals surface area contributed by atoms with Gasteiger partial charge in [0.2, 0.25) is 8.03 Å². The Bertz CT molecular complexity index is 346. The molecule has 0 bridgehead atoms. The fourth-order valence-electron chi connectivity index (χ4n) is 1.53. The van der Waals surface area contributed by atoms with Crippen LogP contribution in [0.4, 0.5) is 4.79 Å². The zero-order chi connectivity index (χ0) is 13.1. The zero-order valence-corrected chi connectivity index (χ0v) is 11.7. The lowest BCUT2D eigenvalue weighted by atomic mass is 10.2. The molecule has 1 aliphatic rings. The van der Waals surface area contributed by atoms with Gasteiger partial charge in [-0.05, 0) is 33.3 Å². The molecule has 6 heteroatoms. The Morgan fingerprint density at radius 1 is 1.53 bits per heavy atom. The van der Waals surface area contributed by atoms with Crippen molar-refractivity contribution in [1.29, 1.82) is 0 Å². The second kappa shape index (κ2) is 5.58. The molecule has 0 saturated heterocycles. The third-order valence-electron chi connectivity index (χ3n) is 2.07. The molecule has 1 rings (SSSR count). The Balaban J connectivity index is 2.41. The standard InChI is InChI=1S/C11H20NO4P/c1-11(2,3)15-10(13)12-8-5-6-9(7-8)16-17(4)14/h7-8,17H,5-6H2,1-4H3,(H,12,13). The number of ether oxygens (including phenoxy) is 1. The molecule has 0 heterocycles. The van der Waals surface area contributed by atoms with Gasteiger partial charge in [0.25, 0.3) is 0 Å². The van der Waals surface area contributed by atoms with E-state index in [0.717, 1.165) is 6.42 Å². The summed E-state index contributed by atoms with van der Waals surface area (Å²) in [6.45, 7) is 6.98. The minimum absolute atomic E-state index is 0.0961. The predicted molar refractivity (Wildman–Crippen MR) is 66.5 cm³/mol. The van der Waals surface area contributed by atoms with Crippen molar-refractivity contribution in [2.24, 2.45) is 0 Å². The van der Waals surface area contributed by atoms with Crippen LogP contribution >= 0.6 is 8.03 Å². The number of hydrogen-bond acceptors (Lipinski definition) is 4. The van der Waals surface area contributed by atoms with E-state index >= 15 is 0 Å². The molecule has 17 heavy (non-hydrogen) atoms. The molecule has 2 atom stereocenters. The summed E-state index contributed by atoms with van der Waals surface area (Å²) in [6, 6.07) is -0.0961. The normalized spacial score (nSPS) is 21.6. The number of carbonyl (C=O) groups is 1. The molecule has 5 nitrogen and oxygen atoms in total. The maximum atomic E-state index is 11.5. The van der Waals surface area contributed by atoms with E-state index < -0.39 is 19.7 Å². The van der Waals surface area contributed by atoms with Crippen molar-refractivity contribution in [2.75, 3.05) is 6.66 Å². The van der Waals surface area contributed by atoms with E-state index in [9.17, 15) is 9.36 Å². The number of carbonyl (C=O) groups excluding carboxylic acids is 1. The van der Waals surface area contributed by atoms with Crippen molar-refractivity contribution in [3.05, 3.63) is 11.8 Å². The van der Waals surface area contributed by atoms with Crippen molar-refractivity contribution in [3.8, 4) is 0 Å². The van der Waals surface area contributed by atoms with Gasteiger partial charge in [-0.1, -0.05) is 0 Å². The molecule has 2 unspecified atom stereocenters. The van der Waals surface area contributed by atoms with E-state index in [1.807, 2.05) is 20.8 Å². The van der Waals surface area contributed by atoms with Crippen LogP contribution in [0.1, 0.15) is 33.6 Å². The van der Waals surface area contributed by atoms with Gasteiger partial charge in [0.05, 0.1) is 6.04 Å². The molecule has 0 aromatic carbocycles. The Labute approximate surface area is 102 Å². The highest BCUT2D eigenvalue weighted by atomic mass is 31.1. The average molecular weight is 261 g/mol. The van der Waals surface area contributed by atoms with Crippen molar-refractivity contribution in [3.63, 3.8) is 0 Å².